The molecule has 114 valence electrons. The van der Waals surface area contributed by atoms with Gasteiger partial charge < -0.3 is 11.1 Å². The van der Waals surface area contributed by atoms with Gasteiger partial charge in [-0.05, 0) is 30.5 Å². The van der Waals surface area contributed by atoms with Crippen molar-refractivity contribution in [3.8, 4) is 0 Å². The molecule has 1 aliphatic heterocycles. The molecule has 0 radical (unpaired) electrons. The van der Waals surface area contributed by atoms with Crippen LogP contribution in [0.25, 0.3) is 0 Å². The van der Waals surface area contributed by atoms with Crippen LogP contribution in [-0.2, 0) is 11.3 Å². The van der Waals surface area contributed by atoms with Crippen molar-refractivity contribution in [2.24, 2.45) is 0 Å². The molecule has 21 heavy (non-hydrogen) atoms. The average Bonchev–Trinajstić information content (AvgIpc) is 3.25. The number of amides is 1. The highest BCUT2D eigenvalue weighted by Crippen LogP contribution is 2.18. The maximum atomic E-state index is 11.8. The Labute approximate surface area is 126 Å². The Morgan fingerprint density at radius 3 is 2.57 bits per heavy atom. The van der Waals surface area contributed by atoms with Gasteiger partial charge in [0.1, 0.15) is 0 Å². The quantitative estimate of drug-likeness (QED) is 0.782. The van der Waals surface area contributed by atoms with Gasteiger partial charge in [0.25, 0.3) is 0 Å². The standard InChI is InChI=1S/C16H24N4O/c17-14-3-1-2-13(10-14)11-19-6-8-20(9-7-19)12-16(21)18-15-4-5-15/h1-3,10,15H,4-9,11-12,17H2,(H,18,21). The minimum atomic E-state index is 0.182. The molecule has 1 aliphatic carbocycles. The predicted molar refractivity (Wildman–Crippen MR) is 83.7 cm³/mol. The van der Waals surface area contributed by atoms with Crippen molar-refractivity contribution < 1.29 is 4.79 Å². The highest BCUT2D eigenvalue weighted by Gasteiger charge is 2.25. The lowest BCUT2D eigenvalue weighted by atomic mass is 10.2. The summed E-state index contributed by atoms with van der Waals surface area (Å²) in [5.74, 6) is 0.182. The number of carbonyl (C=O) groups excluding carboxylic acids is 1. The Balaban J connectivity index is 1.41. The van der Waals surface area contributed by atoms with Crippen molar-refractivity contribution in [1.82, 2.24) is 15.1 Å². The molecular weight excluding hydrogens is 264 g/mol. The van der Waals surface area contributed by atoms with E-state index in [1.54, 1.807) is 0 Å². The van der Waals surface area contributed by atoms with Gasteiger partial charge in [0.2, 0.25) is 5.91 Å². The molecule has 1 saturated heterocycles. The molecule has 0 bridgehead atoms. The van der Waals surface area contributed by atoms with Crippen LogP contribution < -0.4 is 11.1 Å². The van der Waals surface area contributed by atoms with Gasteiger partial charge in [0, 0.05) is 44.5 Å². The Bertz CT molecular complexity index is 493. The zero-order chi connectivity index (χ0) is 14.7. The lowest BCUT2D eigenvalue weighted by Gasteiger charge is -2.34. The zero-order valence-corrected chi connectivity index (χ0v) is 12.4. The lowest BCUT2D eigenvalue weighted by Crippen LogP contribution is -2.49. The second-order valence-corrected chi connectivity index (χ2v) is 6.14. The molecule has 5 heteroatoms. The first-order valence-electron chi connectivity index (χ1n) is 7.77. The van der Waals surface area contributed by atoms with Crippen molar-refractivity contribution in [3.05, 3.63) is 29.8 Å². The normalized spacial score (nSPS) is 20.4. The minimum absolute atomic E-state index is 0.182. The molecule has 5 nitrogen and oxygen atoms in total. The molecule has 3 N–H and O–H groups in total. The first-order valence-corrected chi connectivity index (χ1v) is 7.77. The third kappa shape index (κ3) is 4.44. The van der Waals surface area contributed by atoms with Gasteiger partial charge in [0.15, 0.2) is 0 Å². The molecule has 1 heterocycles. The molecule has 1 amide bonds. The first kappa shape index (κ1) is 14.4. The van der Waals surface area contributed by atoms with E-state index in [1.807, 2.05) is 18.2 Å². The molecule has 1 aromatic rings. The summed E-state index contributed by atoms with van der Waals surface area (Å²) in [5.41, 5.74) is 7.90. The number of rotatable bonds is 5. The summed E-state index contributed by atoms with van der Waals surface area (Å²) in [5, 5.41) is 3.05. The van der Waals surface area contributed by atoms with Crippen molar-refractivity contribution in [2.75, 3.05) is 38.5 Å². The van der Waals surface area contributed by atoms with Crippen LogP contribution in [0.2, 0.25) is 0 Å². The van der Waals surface area contributed by atoms with Crippen molar-refractivity contribution in [1.29, 1.82) is 0 Å². The van der Waals surface area contributed by atoms with Crippen LogP contribution in [0.1, 0.15) is 18.4 Å². The van der Waals surface area contributed by atoms with Crippen LogP contribution in [0.15, 0.2) is 24.3 Å². The van der Waals surface area contributed by atoms with E-state index in [0.29, 0.717) is 12.6 Å². The predicted octanol–water partition coefficient (Wildman–Crippen LogP) is 0.665. The van der Waals surface area contributed by atoms with Gasteiger partial charge in [-0.1, -0.05) is 12.1 Å². The number of carbonyl (C=O) groups is 1. The van der Waals surface area contributed by atoms with Gasteiger partial charge in [-0.2, -0.15) is 0 Å². The molecule has 0 atom stereocenters. The van der Waals surface area contributed by atoms with E-state index < -0.39 is 0 Å². The van der Waals surface area contributed by atoms with Gasteiger partial charge in [-0.15, -0.1) is 0 Å². The molecule has 1 aromatic carbocycles. The summed E-state index contributed by atoms with van der Waals surface area (Å²) < 4.78 is 0. The van der Waals surface area contributed by atoms with E-state index in [1.165, 1.54) is 5.56 Å². The van der Waals surface area contributed by atoms with Crippen LogP contribution in [0.4, 0.5) is 5.69 Å². The number of nitrogens with two attached hydrogens (primary N) is 1. The van der Waals surface area contributed by atoms with Crippen molar-refractivity contribution in [2.45, 2.75) is 25.4 Å². The summed E-state index contributed by atoms with van der Waals surface area (Å²) >= 11 is 0. The molecule has 1 saturated carbocycles. The summed E-state index contributed by atoms with van der Waals surface area (Å²) in [7, 11) is 0. The van der Waals surface area contributed by atoms with E-state index in [2.05, 4.69) is 21.2 Å². The van der Waals surface area contributed by atoms with Gasteiger partial charge >= 0.3 is 0 Å². The van der Waals surface area contributed by atoms with E-state index in [4.69, 9.17) is 5.73 Å². The number of hydrogen-bond donors (Lipinski definition) is 2. The Hall–Kier alpha value is -1.59. The van der Waals surface area contributed by atoms with Gasteiger partial charge in [-0.3, -0.25) is 14.6 Å². The number of piperazine rings is 1. The average molecular weight is 288 g/mol. The third-order valence-corrected chi connectivity index (χ3v) is 4.13. The van der Waals surface area contributed by atoms with Crippen LogP contribution in [0.3, 0.4) is 0 Å². The number of nitrogens with zero attached hydrogens (tertiary/aromatic N) is 2. The lowest BCUT2D eigenvalue weighted by molar-refractivity contribution is -0.122. The van der Waals surface area contributed by atoms with E-state index >= 15 is 0 Å². The first-order chi connectivity index (χ1) is 10.2. The summed E-state index contributed by atoms with van der Waals surface area (Å²) in [4.78, 5) is 16.5. The van der Waals surface area contributed by atoms with Gasteiger partial charge in [0.05, 0.1) is 6.54 Å². The van der Waals surface area contributed by atoms with Crippen molar-refractivity contribution in [3.63, 3.8) is 0 Å². The van der Waals surface area contributed by atoms with Crippen molar-refractivity contribution >= 4 is 11.6 Å². The SMILES string of the molecule is Nc1cccc(CN2CCN(CC(=O)NC3CC3)CC2)c1. The Kier molecular flexibility index (Phi) is 4.41. The fourth-order valence-electron chi connectivity index (χ4n) is 2.76. The number of nitrogens with one attached hydrogen (secondary N) is 1. The van der Waals surface area contributed by atoms with E-state index in [-0.39, 0.29) is 5.91 Å². The molecule has 0 unspecified atom stereocenters. The van der Waals surface area contributed by atoms with Crippen LogP contribution in [0.5, 0.6) is 0 Å². The topological polar surface area (TPSA) is 61.6 Å². The second kappa shape index (κ2) is 6.45. The monoisotopic (exact) mass is 288 g/mol. The van der Waals surface area contributed by atoms with E-state index in [0.717, 1.165) is 51.3 Å². The molecule has 2 aliphatic rings. The third-order valence-electron chi connectivity index (χ3n) is 4.13. The maximum Gasteiger partial charge on any atom is 0.234 e. The molecule has 0 aromatic heterocycles. The minimum Gasteiger partial charge on any atom is -0.399 e. The molecule has 0 spiro atoms. The number of hydrogen-bond acceptors (Lipinski definition) is 4. The van der Waals surface area contributed by atoms with E-state index in [9.17, 15) is 4.79 Å². The maximum absolute atomic E-state index is 11.8. The Morgan fingerprint density at radius 1 is 1.19 bits per heavy atom. The number of benzene rings is 1. The zero-order valence-electron chi connectivity index (χ0n) is 12.4. The largest absolute Gasteiger partial charge is 0.399 e. The summed E-state index contributed by atoms with van der Waals surface area (Å²) in [6, 6.07) is 8.53. The fraction of sp³-hybridized carbons (Fsp3) is 0.562. The van der Waals surface area contributed by atoms with Crippen LogP contribution >= 0.6 is 0 Å². The molecule has 3 rings (SSSR count). The highest BCUT2D eigenvalue weighted by molar-refractivity contribution is 5.78. The fourth-order valence-corrected chi connectivity index (χ4v) is 2.76. The molecule has 2 fully saturated rings. The van der Waals surface area contributed by atoms with Crippen LogP contribution in [-0.4, -0.2) is 54.5 Å². The summed E-state index contributed by atoms with van der Waals surface area (Å²) in [6.45, 7) is 5.41. The molecular formula is C16H24N4O. The number of anilines is 1. The van der Waals surface area contributed by atoms with Crippen LogP contribution in [0, 0.1) is 0 Å². The van der Waals surface area contributed by atoms with Gasteiger partial charge in [-0.25, -0.2) is 0 Å². The summed E-state index contributed by atoms with van der Waals surface area (Å²) in [6.07, 6.45) is 2.31. The smallest absolute Gasteiger partial charge is 0.234 e. The highest BCUT2D eigenvalue weighted by atomic mass is 16.2. The second-order valence-electron chi connectivity index (χ2n) is 6.14. The Morgan fingerprint density at radius 2 is 1.90 bits per heavy atom. The number of nitrogen functional groups attached to an aromatic ring is 1.